The number of furan rings is 1. The number of aromatic nitrogens is 2. The number of rotatable bonds is 6. The van der Waals surface area contributed by atoms with Gasteiger partial charge in [-0.3, -0.25) is 0 Å². The Morgan fingerprint density at radius 1 is 1.03 bits per heavy atom. The number of aromatic carboxylic acids is 1. The topological polar surface area (TPSA) is 88.2 Å². The molecule has 6 nitrogen and oxygen atoms in total. The molecule has 0 saturated heterocycles. The summed E-state index contributed by atoms with van der Waals surface area (Å²) >= 11 is 1.75. The average Bonchev–Trinajstić information content (AvgIpc) is 3.40. The molecule has 30 heavy (non-hydrogen) atoms. The molecule has 2 N–H and O–H groups in total. The molecular formula is C23H17N3O3S. The first-order chi connectivity index (χ1) is 14.7. The molecule has 0 radical (unpaired) electrons. The average molecular weight is 415 g/mol. The zero-order chi connectivity index (χ0) is 20.5. The van der Waals surface area contributed by atoms with Crippen molar-refractivity contribution in [3.8, 4) is 11.3 Å². The van der Waals surface area contributed by atoms with Crippen molar-refractivity contribution in [1.82, 2.24) is 9.97 Å². The van der Waals surface area contributed by atoms with Crippen LogP contribution in [0.15, 0.2) is 70.7 Å². The SMILES string of the molecule is O=C(O)c1cc2ccc(-c3cc(NCCc4ccc5sccc5c4)ncn3)cc2o1. The van der Waals surface area contributed by atoms with Gasteiger partial charge in [0.15, 0.2) is 0 Å². The van der Waals surface area contributed by atoms with Gasteiger partial charge in [0.2, 0.25) is 5.76 Å². The third kappa shape index (κ3) is 3.62. The normalized spacial score (nSPS) is 11.2. The van der Waals surface area contributed by atoms with Gasteiger partial charge >= 0.3 is 5.97 Å². The fourth-order valence-corrected chi connectivity index (χ4v) is 4.19. The van der Waals surface area contributed by atoms with Crippen molar-refractivity contribution in [1.29, 1.82) is 0 Å². The van der Waals surface area contributed by atoms with Crippen LogP contribution in [0.5, 0.6) is 0 Å². The lowest BCUT2D eigenvalue weighted by molar-refractivity contribution is 0.0665. The predicted octanol–water partition coefficient (Wildman–Crippen LogP) is 5.46. The zero-order valence-electron chi connectivity index (χ0n) is 15.8. The van der Waals surface area contributed by atoms with Crippen molar-refractivity contribution < 1.29 is 14.3 Å². The smallest absolute Gasteiger partial charge is 0.371 e. The van der Waals surface area contributed by atoms with Gasteiger partial charge in [-0.2, -0.15) is 0 Å². The summed E-state index contributed by atoms with van der Waals surface area (Å²) in [6.07, 6.45) is 2.41. The molecule has 7 heteroatoms. The second-order valence-corrected chi connectivity index (χ2v) is 7.87. The molecule has 148 valence electrons. The monoisotopic (exact) mass is 415 g/mol. The van der Waals surface area contributed by atoms with Gasteiger partial charge in [-0.05, 0) is 47.0 Å². The van der Waals surface area contributed by atoms with Crippen molar-refractivity contribution in [3.05, 3.63) is 77.6 Å². The number of carboxylic acids is 1. The van der Waals surface area contributed by atoms with Gasteiger partial charge in [0.25, 0.3) is 0 Å². The van der Waals surface area contributed by atoms with E-state index in [4.69, 9.17) is 9.52 Å². The highest BCUT2D eigenvalue weighted by Gasteiger charge is 2.12. The van der Waals surface area contributed by atoms with Gasteiger partial charge in [0, 0.05) is 28.3 Å². The molecule has 0 amide bonds. The van der Waals surface area contributed by atoms with Gasteiger partial charge in [-0.25, -0.2) is 14.8 Å². The van der Waals surface area contributed by atoms with Crippen LogP contribution in [0.25, 0.3) is 32.3 Å². The van der Waals surface area contributed by atoms with Crippen LogP contribution < -0.4 is 5.32 Å². The van der Waals surface area contributed by atoms with Gasteiger partial charge in [-0.1, -0.05) is 24.3 Å². The summed E-state index contributed by atoms with van der Waals surface area (Å²) in [6.45, 7) is 0.755. The quantitative estimate of drug-likeness (QED) is 0.383. The summed E-state index contributed by atoms with van der Waals surface area (Å²) in [6, 6.07) is 17.6. The number of carboxylic acid groups (broad SMARTS) is 1. The van der Waals surface area contributed by atoms with Crippen LogP contribution in [0, 0.1) is 0 Å². The fourth-order valence-electron chi connectivity index (χ4n) is 3.41. The van der Waals surface area contributed by atoms with Crippen molar-refractivity contribution in [2.45, 2.75) is 6.42 Å². The molecule has 0 spiro atoms. The van der Waals surface area contributed by atoms with E-state index in [1.54, 1.807) is 17.4 Å². The maximum absolute atomic E-state index is 11.1. The Kier molecular flexibility index (Phi) is 4.65. The molecule has 0 bridgehead atoms. The summed E-state index contributed by atoms with van der Waals surface area (Å²) in [4.78, 5) is 19.8. The maximum atomic E-state index is 11.1. The van der Waals surface area contributed by atoms with Crippen LogP contribution in [0.3, 0.4) is 0 Å². The van der Waals surface area contributed by atoms with E-state index in [0.29, 0.717) is 5.58 Å². The molecule has 0 aliphatic heterocycles. The first-order valence-corrected chi connectivity index (χ1v) is 10.3. The molecule has 0 aliphatic rings. The van der Waals surface area contributed by atoms with Crippen molar-refractivity contribution in [2.24, 2.45) is 0 Å². The molecule has 2 aromatic carbocycles. The van der Waals surface area contributed by atoms with Crippen molar-refractivity contribution in [3.63, 3.8) is 0 Å². The highest BCUT2D eigenvalue weighted by Crippen LogP contribution is 2.27. The Labute approximate surface area is 175 Å². The minimum atomic E-state index is -1.08. The third-order valence-corrected chi connectivity index (χ3v) is 5.83. The number of hydrogen-bond acceptors (Lipinski definition) is 6. The minimum Gasteiger partial charge on any atom is -0.475 e. The van der Waals surface area contributed by atoms with Crippen LogP contribution in [-0.4, -0.2) is 27.6 Å². The van der Waals surface area contributed by atoms with E-state index >= 15 is 0 Å². The Morgan fingerprint density at radius 3 is 2.87 bits per heavy atom. The van der Waals surface area contributed by atoms with E-state index < -0.39 is 5.97 Å². The van der Waals surface area contributed by atoms with Crippen molar-refractivity contribution in [2.75, 3.05) is 11.9 Å². The van der Waals surface area contributed by atoms with Gasteiger partial charge in [-0.15, -0.1) is 11.3 Å². The number of hydrogen-bond donors (Lipinski definition) is 2. The fraction of sp³-hybridized carbons (Fsp3) is 0.0870. The molecule has 0 atom stereocenters. The molecule has 0 aliphatic carbocycles. The second-order valence-electron chi connectivity index (χ2n) is 6.93. The van der Waals surface area contributed by atoms with Crippen molar-refractivity contribution >= 4 is 44.2 Å². The maximum Gasteiger partial charge on any atom is 0.371 e. The highest BCUT2D eigenvalue weighted by molar-refractivity contribution is 7.17. The van der Waals surface area contributed by atoms with Gasteiger partial charge in [0.05, 0.1) is 5.69 Å². The van der Waals surface area contributed by atoms with Crippen LogP contribution in [0.4, 0.5) is 5.82 Å². The number of benzene rings is 2. The number of nitrogens with zero attached hydrogens (tertiary/aromatic N) is 2. The molecule has 5 aromatic rings. The summed E-state index contributed by atoms with van der Waals surface area (Å²) < 4.78 is 6.70. The lowest BCUT2D eigenvalue weighted by Crippen LogP contribution is -2.06. The number of nitrogens with one attached hydrogen (secondary N) is 1. The molecule has 0 fully saturated rings. The standard InChI is InChI=1S/C23H17N3O3S/c27-23(28)20-11-16-3-2-15(10-19(16)29-20)18-12-22(26-13-25-18)24-7-5-14-1-4-21-17(9-14)6-8-30-21/h1-4,6,8-13H,5,7H2,(H,27,28)(H,24,25,26). The van der Waals surface area contributed by atoms with Crippen LogP contribution in [0.1, 0.15) is 16.1 Å². The van der Waals surface area contributed by atoms with Crippen LogP contribution in [0.2, 0.25) is 0 Å². The minimum absolute atomic E-state index is 0.0761. The second kappa shape index (κ2) is 7.61. The first kappa shape index (κ1) is 18.3. The van der Waals surface area contributed by atoms with Crippen LogP contribution in [-0.2, 0) is 6.42 Å². The third-order valence-electron chi connectivity index (χ3n) is 4.93. The number of fused-ring (bicyclic) bond motifs is 2. The van der Waals surface area contributed by atoms with E-state index in [0.717, 1.165) is 35.4 Å². The lowest BCUT2D eigenvalue weighted by Gasteiger charge is -2.07. The summed E-state index contributed by atoms with van der Waals surface area (Å²) in [5.74, 6) is -0.422. The zero-order valence-corrected chi connectivity index (χ0v) is 16.6. The van der Waals surface area contributed by atoms with E-state index in [1.165, 1.54) is 28.0 Å². The van der Waals surface area contributed by atoms with E-state index in [-0.39, 0.29) is 5.76 Å². The highest BCUT2D eigenvalue weighted by atomic mass is 32.1. The molecule has 3 heterocycles. The first-order valence-electron chi connectivity index (χ1n) is 9.45. The Morgan fingerprint density at radius 2 is 1.97 bits per heavy atom. The van der Waals surface area contributed by atoms with Crippen LogP contribution >= 0.6 is 11.3 Å². The molecule has 0 unspecified atom stereocenters. The molecule has 0 saturated carbocycles. The van der Waals surface area contributed by atoms with Gasteiger partial charge in [0.1, 0.15) is 17.7 Å². The number of thiophene rings is 1. The number of anilines is 1. The predicted molar refractivity (Wildman–Crippen MR) is 118 cm³/mol. The largest absolute Gasteiger partial charge is 0.475 e. The Balaban J connectivity index is 1.31. The lowest BCUT2D eigenvalue weighted by atomic mass is 10.1. The van der Waals surface area contributed by atoms with E-state index in [9.17, 15) is 4.79 Å². The molecule has 3 aromatic heterocycles. The summed E-state index contributed by atoms with van der Waals surface area (Å²) in [5.41, 5.74) is 3.37. The molecule has 5 rings (SSSR count). The molecular weight excluding hydrogens is 398 g/mol. The van der Waals surface area contributed by atoms with E-state index in [2.05, 4.69) is 44.9 Å². The Bertz CT molecular complexity index is 1370. The van der Waals surface area contributed by atoms with Gasteiger partial charge < -0.3 is 14.8 Å². The summed E-state index contributed by atoms with van der Waals surface area (Å²) in [7, 11) is 0. The number of carbonyl (C=O) groups is 1. The summed E-state index contributed by atoms with van der Waals surface area (Å²) in [5, 5.41) is 16.6. The Hall–Kier alpha value is -3.71. The van der Waals surface area contributed by atoms with E-state index in [1.807, 2.05) is 18.2 Å².